The normalized spacial score (nSPS) is 9.21. The zero-order chi connectivity index (χ0) is 10.4. The first-order valence-electron chi connectivity index (χ1n) is 3.94. The van der Waals surface area contributed by atoms with Gasteiger partial charge in [0, 0.05) is 0 Å². The van der Waals surface area contributed by atoms with Gasteiger partial charge in [0.1, 0.15) is 6.61 Å². The molecular weight excluding hydrogens is 184 g/mol. The van der Waals surface area contributed by atoms with Crippen LogP contribution >= 0.6 is 0 Å². The molecule has 0 amide bonds. The zero-order valence-electron chi connectivity index (χ0n) is 7.65. The van der Waals surface area contributed by atoms with E-state index in [9.17, 15) is 9.59 Å². The molecule has 0 N–H and O–H groups in total. The van der Waals surface area contributed by atoms with Gasteiger partial charge in [0.15, 0.2) is 0 Å². The highest BCUT2D eigenvalue weighted by Gasteiger charge is 2.05. The summed E-state index contributed by atoms with van der Waals surface area (Å²) < 4.78 is 8.97. The van der Waals surface area contributed by atoms with Gasteiger partial charge in [-0.15, -0.1) is 0 Å². The number of rotatable bonds is 4. The van der Waals surface area contributed by atoms with Crippen molar-refractivity contribution in [1.82, 2.24) is 0 Å². The first-order valence-corrected chi connectivity index (χ1v) is 3.94. The summed E-state index contributed by atoms with van der Waals surface area (Å²) >= 11 is 0. The van der Waals surface area contributed by atoms with Crippen LogP contribution in [0.5, 0.6) is 0 Å². The Bertz CT molecular complexity index is 333. The van der Waals surface area contributed by atoms with Crippen LogP contribution in [0.1, 0.15) is 15.9 Å². The second-order valence-corrected chi connectivity index (χ2v) is 2.56. The minimum atomic E-state index is -0.415. The molecule has 1 aromatic carbocycles. The van der Waals surface area contributed by atoms with Gasteiger partial charge in [-0.3, -0.25) is 0 Å². The average Bonchev–Trinajstić information content (AvgIpc) is 2.25. The standard InChI is InChI=1S/C10H9O4/c1-13-10(12)9-4-2-3-8(5-9)6-14-7-11/h2-5H,6H2,1H3. The molecule has 4 nitrogen and oxygen atoms in total. The quantitative estimate of drug-likeness (QED) is 0.671. The van der Waals surface area contributed by atoms with E-state index in [-0.39, 0.29) is 6.61 Å². The highest BCUT2D eigenvalue weighted by Crippen LogP contribution is 2.07. The van der Waals surface area contributed by atoms with Crippen molar-refractivity contribution in [3.63, 3.8) is 0 Å². The summed E-state index contributed by atoms with van der Waals surface area (Å²) in [5.74, 6) is -0.415. The van der Waals surface area contributed by atoms with Gasteiger partial charge in [0.05, 0.1) is 12.7 Å². The molecule has 0 unspecified atom stereocenters. The summed E-state index contributed by atoms with van der Waals surface area (Å²) in [6.07, 6.45) is 0. The first kappa shape index (κ1) is 10.2. The molecule has 1 rings (SSSR count). The Kier molecular flexibility index (Phi) is 3.67. The van der Waals surface area contributed by atoms with E-state index >= 15 is 0 Å². The fraction of sp³-hybridized carbons (Fsp3) is 0.200. The highest BCUT2D eigenvalue weighted by atomic mass is 16.5. The summed E-state index contributed by atoms with van der Waals surface area (Å²) in [7, 11) is 1.31. The molecule has 0 aliphatic carbocycles. The summed E-state index contributed by atoms with van der Waals surface area (Å²) in [6, 6.07) is 6.66. The SMILES string of the molecule is COC(=O)c1cccc(CO[C]=O)c1. The molecule has 0 bridgehead atoms. The monoisotopic (exact) mass is 193 g/mol. The summed E-state index contributed by atoms with van der Waals surface area (Å²) in [6.45, 7) is 1.42. The Labute approximate surface area is 81.4 Å². The third-order valence-electron chi connectivity index (χ3n) is 1.65. The summed E-state index contributed by atoms with van der Waals surface area (Å²) in [5.41, 5.74) is 1.15. The highest BCUT2D eigenvalue weighted by molar-refractivity contribution is 5.89. The molecule has 73 valence electrons. The second kappa shape index (κ2) is 5.01. The van der Waals surface area contributed by atoms with Crippen LogP contribution in [0.15, 0.2) is 24.3 Å². The van der Waals surface area contributed by atoms with E-state index in [1.165, 1.54) is 13.6 Å². The lowest BCUT2D eigenvalue weighted by Crippen LogP contribution is -2.02. The van der Waals surface area contributed by atoms with E-state index in [1.807, 2.05) is 0 Å². The first-order chi connectivity index (χ1) is 6.77. The average molecular weight is 193 g/mol. The number of methoxy groups -OCH3 is 1. The lowest BCUT2D eigenvalue weighted by Gasteiger charge is -2.02. The molecule has 14 heavy (non-hydrogen) atoms. The van der Waals surface area contributed by atoms with Crippen molar-refractivity contribution in [2.45, 2.75) is 6.61 Å². The third-order valence-corrected chi connectivity index (χ3v) is 1.65. The minimum absolute atomic E-state index is 0.105. The molecule has 0 heterocycles. The van der Waals surface area contributed by atoms with Crippen molar-refractivity contribution in [1.29, 1.82) is 0 Å². The Hall–Kier alpha value is -1.84. The van der Waals surface area contributed by atoms with Gasteiger partial charge in [0.25, 0.3) is 0 Å². The number of carbonyl (C=O) groups is 1. The molecule has 4 heteroatoms. The van der Waals surface area contributed by atoms with E-state index in [0.29, 0.717) is 5.56 Å². The van der Waals surface area contributed by atoms with Crippen molar-refractivity contribution in [3.05, 3.63) is 35.4 Å². The molecule has 0 aromatic heterocycles. The largest absolute Gasteiger partial charge is 0.465 e. The van der Waals surface area contributed by atoms with E-state index in [2.05, 4.69) is 9.47 Å². The maximum atomic E-state index is 11.1. The van der Waals surface area contributed by atoms with Crippen LogP contribution in [0.3, 0.4) is 0 Å². The van der Waals surface area contributed by atoms with Crippen LogP contribution in [-0.2, 0) is 20.9 Å². The van der Waals surface area contributed by atoms with Gasteiger partial charge in [0.2, 0.25) is 0 Å². The number of hydrogen-bond acceptors (Lipinski definition) is 4. The van der Waals surface area contributed by atoms with Crippen LogP contribution in [0.25, 0.3) is 0 Å². The van der Waals surface area contributed by atoms with Crippen molar-refractivity contribution in [2.24, 2.45) is 0 Å². The molecule has 0 aliphatic heterocycles. The summed E-state index contributed by atoms with van der Waals surface area (Å²) in [5, 5.41) is 0. The van der Waals surface area contributed by atoms with Crippen LogP contribution < -0.4 is 0 Å². The van der Waals surface area contributed by atoms with E-state index in [4.69, 9.17) is 0 Å². The van der Waals surface area contributed by atoms with Crippen LogP contribution in [0.2, 0.25) is 0 Å². The van der Waals surface area contributed by atoms with Crippen molar-refractivity contribution < 1.29 is 19.1 Å². The Morgan fingerprint density at radius 2 is 2.29 bits per heavy atom. The van der Waals surface area contributed by atoms with Gasteiger partial charge < -0.3 is 9.47 Å². The topological polar surface area (TPSA) is 52.6 Å². The minimum Gasteiger partial charge on any atom is -0.465 e. The number of carbonyl (C=O) groups excluding carboxylic acids is 2. The van der Waals surface area contributed by atoms with E-state index in [1.54, 1.807) is 24.3 Å². The van der Waals surface area contributed by atoms with Crippen molar-refractivity contribution in [3.8, 4) is 0 Å². The van der Waals surface area contributed by atoms with Crippen LogP contribution in [0.4, 0.5) is 0 Å². The van der Waals surface area contributed by atoms with Gasteiger partial charge >= 0.3 is 12.4 Å². The Morgan fingerprint density at radius 3 is 2.93 bits per heavy atom. The molecule has 0 spiro atoms. The third kappa shape index (κ3) is 2.58. The van der Waals surface area contributed by atoms with Gasteiger partial charge in [-0.25, -0.2) is 9.59 Å². The molecule has 0 atom stereocenters. The van der Waals surface area contributed by atoms with Crippen molar-refractivity contribution >= 4 is 12.4 Å². The lowest BCUT2D eigenvalue weighted by molar-refractivity contribution is 0.0600. The smallest absolute Gasteiger partial charge is 0.417 e. The second-order valence-electron chi connectivity index (χ2n) is 2.56. The molecule has 0 saturated carbocycles. The number of benzene rings is 1. The van der Waals surface area contributed by atoms with Gasteiger partial charge in [-0.2, -0.15) is 0 Å². The maximum absolute atomic E-state index is 11.1. The summed E-state index contributed by atoms with van der Waals surface area (Å²) in [4.78, 5) is 20.9. The van der Waals surface area contributed by atoms with Gasteiger partial charge in [-0.1, -0.05) is 12.1 Å². The number of ether oxygens (including phenoxy) is 2. The van der Waals surface area contributed by atoms with E-state index in [0.717, 1.165) is 5.56 Å². The zero-order valence-corrected chi connectivity index (χ0v) is 7.65. The molecule has 1 aromatic rings. The lowest BCUT2D eigenvalue weighted by atomic mass is 10.1. The van der Waals surface area contributed by atoms with Crippen LogP contribution in [-0.4, -0.2) is 19.6 Å². The Morgan fingerprint density at radius 1 is 1.50 bits per heavy atom. The van der Waals surface area contributed by atoms with E-state index < -0.39 is 5.97 Å². The van der Waals surface area contributed by atoms with Crippen molar-refractivity contribution in [2.75, 3.05) is 7.11 Å². The predicted octanol–water partition coefficient (Wildman–Crippen LogP) is 1.06. The molecular formula is C10H9O4. The van der Waals surface area contributed by atoms with Gasteiger partial charge in [-0.05, 0) is 17.7 Å². The Balaban J connectivity index is 2.78. The number of hydrogen-bond donors (Lipinski definition) is 0. The fourth-order valence-electron chi connectivity index (χ4n) is 1.02. The molecule has 0 aliphatic rings. The number of esters is 1. The molecule has 1 radical (unpaired) electrons. The fourth-order valence-corrected chi connectivity index (χ4v) is 1.02. The molecule has 0 saturated heterocycles. The van der Waals surface area contributed by atoms with Crippen LogP contribution in [0, 0.1) is 0 Å². The maximum Gasteiger partial charge on any atom is 0.417 e. The predicted molar refractivity (Wildman–Crippen MR) is 48.3 cm³/mol. The molecule has 0 fully saturated rings.